The Morgan fingerprint density at radius 1 is 0.513 bits per heavy atom. The Balaban J connectivity index is 1.43. The molecule has 0 N–H and O–H groups in total. The molecule has 0 amide bonds. The maximum Gasteiger partial charge on any atom is 0.299 e. The fourth-order valence-electron chi connectivity index (χ4n) is 6.55. The van der Waals surface area contributed by atoms with Gasteiger partial charge in [-0.25, -0.2) is 0 Å². The Kier molecular flexibility index (Phi) is 4.11. The van der Waals surface area contributed by atoms with Crippen molar-refractivity contribution in [2.75, 3.05) is 9.80 Å². The molecule has 0 fully saturated rings. The van der Waals surface area contributed by atoms with E-state index in [0.717, 1.165) is 56.1 Å². The highest BCUT2D eigenvalue weighted by Crippen LogP contribution is 2.48. The maximum absolute atomic E-state index is 6.75. The van der Waals surface area contributed by atoms with Crippen molar-refractivity contribution >= 4 is 79.6 Å². The first-order chi connectivity index (χ1) is 19.4. The van der Waals surface area contributed by atoms with Gasteiger partial charge in [-0.15, -0.1) is 0 Å². The lowest BCUT2D eigenvalue weighted by Crippen LogP contribution is -2.60. The van der Waals surface area contributed by atoms with Crippen LogP contribution in [-0.4, -0.2) is 6.71 Å². The molecular weight excluding hydrogens is 479 g/mol. The Morgan fingerprint density at radius 2 is 1.13 bits per heavy atom. The Bertz CT molecular complexity index is 2040. The van der Waals surface area contributed by atoms with Gasteiger partial charge >= 0.3 is 0 Å². The number of hydrogen-bond donors (Lipinski definition) is 0. The first kappa shape index (κ1) is 20.9. The molecule has 4 nitrogen and oxygen atoms in total. The van der Waals surface area contributed by atoms with Crippen molar-refractivity contribution in [1.29, 1.82) is 0 Å². The SMILES string of the molecule is c1ccc(N2c3ccccc3B3c4oc5oc6ccccc6c5c4N(c4ccccc4)c4cccc2c43)cc1. The normalized spacial score (nSPS) is 13.5. The summed E-state index contributed by atoms with van der Waals surface area (Å²) in [5, 5.41) is 2.08. The number of para-hydroxylation sites is 4. The lowest BCUT2D eigenvalue weighted by Gasteiger charge is -2.42. The van der Waals surface area contributed by atoms with Crippen molar-refractivity contribution in [2.24, 2.45) is 0 Å². The molecule has 0 bridgehead atoms. The monoisotopic (exact) mass is 500 g/mol. The highest BCUT2D eigenvalue weighted by atomic mass is 16.5. The molecule has 9 rings (SSSR count). The highest BCUT2D eigenvalue weighted by Gasteiger charge is 2.47. The van der Waals surface area contributed by atoms with Crippen LogP contribution in [0.1, 0.15) is 0 Å². The molecular formula is C34H21BN2O2. The quantitative estimate of drug-likeness (QED) is 0.234. The number of nitrogens with zero attached hydrogens (tertiary/aromatic N) is 2. The molecule has 39 heavy (non-hydrogen) atoms. The molecule has 5 aromatic carbocycles. The minimum absolute atomic E-state index is 0.0660. The molecule has 7 aromatic rings. The molecule has 0 aliphatic carbocycles. The van der Waals surface area contributed by atoms with Gasteiger partial charge in [0.2, 0.25) is 0 Å². The zero-order valence-corrected chi connectivity index (χ0v) is 20.9. The van der Waals surface area contributed by atoms with Crippen LogP contribution in [0, 0.1) is 0 Å². The van der Waals surface area contributed by atoms with E-state index in [0.29, 0.717) is 5.78 Å². The van der Waals surface area contributed by atoms with Crippen LogP contribution in [-0.2, 0) is 0 Å². The maximum atomic E-state index is 6.75. The second-order valence-electron chi connectivity index (χ2n) is 10.1. The second-order valence-corrected chi connectivity index (χ2v) is 10.1. The molecule has 4 heterocycles. The summed E-state index contributed by atoms with van der Waals surface area (Å²) in [4.78, 5) is 4.73. The van der Waals surface area contributed by atoms with Crippen molar-refractivity contribution in [3.8, 4) is 0 Å². The van der Waals surface area contributed by atoms with Gasteiger partial charge in [0.15, 0.2) is 0 Å². The van der Waals surface area contributed by atoms with Crippen molar-refractivity contribution in [1.82, 2.24) is 0 Å². The molecule has 0 saturated carbocycles. The summed E-state index contributed by atoms with van der Waals surface area (Å²) in [6, 6.07) is 44.7. The fraction of sp³-hybridized carbons (Fsp3) is 0. The molecule has 0 saturated heterocycles. The third-order valence-corrected chi connectivity index (χ3v) is 8.07. The van der Waals surface area contributed by atoms with Crippen LogP contribution in [0.15, 0.2) is 136 Å². The lowest BCUT2D eigenvalue weighted by atomic mass is 9.35. The van der Waals surface area contributed by atoms with Gasteiger partial charge < -0.3 is 18.6 Å². The predicted molar refractivity (Wildman–Crippen MR) is 160 cm³/mol. The second kappa shape index (κ2) is 7.68. The molecule has 0 unspecified atom stereocenters. The summed E-state index contributed by atoms with van der Waals surface area (Å²) in [6.07, 6.45) is 0. The van der Waals surface area contributed by atoms with Crippen molar-refractivity contribution in [2.45, 2.75) is 0 Å². The molecule has 182 valence electrons. The van der Waals surface area contributed by atoms with Crippen molar-refractivity contribution in [3.63, 3.8) is 0 Å². The lowest BCUT2D eigenvalue weighted by molar-refractivity contribution is 0.517. The van der Waals surface area contributed by atoms with Crippen LogP contribution in [0.3, 0.4) is 0 Å². The Hall–Kier alpha value is -5.16. The van der Waals surface area contributed by atoms with E-state index in [9.17, 15) is 0 Å². The predicted octanol–water partition coefficient (Wildman–Crippen LogP) is 7.26. The van der Waals surface area contributed by atoms with E-state index in [2.05, 4.69) is 125 Å². The van der Waals surface area contributed by atoms with E-state index >= 15 is 0 Å². The molecule has 0 radical (unpaired) electrons. The van der Waals surface area contributed by atoms with Gasteiger partial charge in [0, 0.05) is 33.8 Å². The summed E-state index contributed by atoms with van der Waals surface area (Å²) in [6.45, 7) is -0.0660. The Morgan fingerprint density at radius 3 is 1.92 bits per heavy atom. The third kappa shape index (κ3) is 2.74. The molecule has 2 aliphatic rings. The molecule has 5 heteroatoms. The number of anilines is 6. The average Bonchev–Trinajstić information content (AvgIpc) is 3.54. The topological polar surface area (TPSA) is 32.8 Å². The van der Waals surface area contributed by atoms with Crippen LogP contribution in [0.4, 0.5) is 34.1 Å². The van der Waals surface area contributed by atoms with Gasteiger partial charge in [-0.3, -0.25) is 0 Å². The van der Waals surface area contributed by atoms with Crippen LogP contribution >= 0.6 is 0 Å². The summed E-state index contributed by atoms with van der Waals surface area (Å²) < 4.78 is 13.1. The summed E-state index contributed by atoms with van der Waals surface area (Å²) in [5.41, 5.74) is 10.9. The van der Waals surface area contributed by atoms with E-state index in [1.54, 1.807) is 0 Å². The molecule has 2 aromatic heterocycles. The standard InChI is InChI=1S/C34H21BN2O2/c1-3-12-22(13-4-1)36-26-18-9-8-17-25(26)35-31-27(36)19-11-20-28(31)37(23-14-5-2-6-15-23)32-30-24-16-7-10-21-29(24)38-34(30)39-33(32)35/h1-21H. The van der Waals surface area contributed by atoms with Gasteiger partial charge in [-0.05, 0) is 59.5 Å². The highest BCUT2D eigenvalue weighted by molar-refractivity contribution is 7.00. The van der Waals surface area contributed by atoms with Gasteiger partial charge in [-0.2, -0.15) is 0 Å². The van der Waals surface area contributed by atoms with E-state index in [1.807, 2.05) is 12.1 Å². The van der Waals surface area contributed by atoms with Crippen LogP contribution in [0.25, 0.3) is 22.1 Å². The number of rotatable bonds is 2. The van der Waals surface area contributed by atoms with E-state index in [1.165, 1.54) is 10.9 Å². The molecule has 2 aliphatic heterocycles. The number of hydrogen-bond acceptors (Lipinski definition) is 4. The fourth-order valence-corrected chi connectivity index (χ4v) is 6.55. The summed E-state index contributed by atoms with van der Waals surface area (Å²) in [7, 11) is 0. The van der Waals surface area contributed by atoms with Gasteiger partial charge in [0.05, 0.1) is 11.1 Å². The van der Waals surface area contributed by atoms with Crippen molar-refractivity contribution in [3.05, 3.63) is 127 Å². The number of fused-ring (bicyclic) bond motifs is 8. The van der Waals surface area contributed by atoms with Crippen LogP contribution < -0.4 is 26.4 Å². The van der Waals surface area contributed by atoms with Gasteiger partial charge in [0.1, 0.15) is 11.2 Å². The van der Waals surface area contributed by atoms with Gasteiger partial charge in [0.25, 0.3) is 12.5 Å². The minimum Gasteiger partial charge on any atom is -0.437 e. The van der Waals surface area contributed by atoms with E-state index < -0.39 is 0 Å². The first-order valence-electron chi connectivity index (χ1n) is 13.2. The van der Waals surface area contributed by atoms with Crippen LogP contribution in [0.5, 0.6) is 0 Å². The largest absolute Gasteiger partial charge is 0.437 e. The zero-order chi connectivity index (χ0) is 25.5. The molecule has 0 atom stereocenters. The number of furan rings is 2. The number of benzene rings is 5. The van der Waals surface area contributed by atoms with Crippen LogP contribution in [0.2, 0.25) is 0 Å². The Labute approximate surface area is 225 Å². The zero-order valence-electron chi connectivity index (χ0n) is 20.9. The summed E-state index contributed by atoms with van der Waals surface area (Å²) >= 11 is 0. The van der Waals surface area contributed by atoms with Crippen molar-refractivity contribution < 1.29 is 8.83 Å². The first-order valence-corrected chi connectivity index (χ1v) is 13.2. The van der Waals surface area contributed by atoms with E-state index in [-0.39, 0.29) is 6.71 Å². The van der Waals surface area contributed by atoms with Gasteiger partial charge in [-0.1, -0.05) is 78.9 Å². The summed E-state index contributed by atoms with van der Waals surface area (Å²) in [5.74, 6) is 0.569. The van der Waals surface area contributed by atoms with E-state index in [4.69, 9.17) is 8.83 Å². The third-order valence-electron chi connectivity index (χ3n) is 8.07. The molecule has 0 spiro atoms. The smallest absolute Gasteiger partial charge is 0.299 e. The average molecular weight is 500 g/mol. The minimum atomic E-state index is -0.0660.